The number of nitrogens with two attached hydrogens (primary N) is 1. The molecule has 0 saturated heterocycles. The van der Waals surface area contributed by atoms with Crippen LogP contribution in [0.1, 0.15) is 66.2 Å². The Hall–Kier alpha value is -0.300. The van der Waals surface area contributed by atoms with Crippen molar-refractivity contribution in [2.75, 3.05) is 0 Å². The Bertz CT molecular complexity index is 490. The summed E-state index contributed by atoms with van der Waals surface area (Å²) < 4.78 is 0. The van der Waals surface area contributed by atoms with Gasteiger partial charge in [0.05, 0.1) is 5.54 Å². The van der Waals surface area contributed by atoms with Crippen molar-refractivity contribution < 1.29 is 5.32 Å². The fourth-order valence-electron chi connectivity index (χ4n) is 7.27. The Morgan fingerprint density at radius 2 is 2.05 bits per heavy atom. The Labute approximate surface area is 137 Å². The molecule has 0 radical (unpaired) electrons. The van der Waals surface area contributed by atoms with Gasteiger partial charge in [-0.2, -0.15) is 7.05 Å². The van der Waals surface area contributed by atoms with Gasteiger partial charge in [0.25, 0.3) is 0 Å². The molecule has 0 unspecified atom stereocenters. The maximum atomic E-state index is 4.23. The molecule has 0 aromatic carbocycles. The molecule has 0 aliphatic heterocycles. The molecule has 0 heterocycles. The van der Waals surface area contributed by atoms with Gasteiger partial charge in [-0.25, -0.2) is 0 Å². The summed E-state index contributed by atoms with van der Waals surface area (Å²) in [5, 5.41) is 2.31. The predicted molar refractivity (Wildman–Crippen MR) is 91.9 cm³/mol. The van der Waals surface area contributed by atoms with E-state index in [-0.39, 0.29) is 0 Å². The van der Waals surface area contributed by atoms with Gasteiger partial charge in [-0.3, -0.25) is 0 Å². The second-order valence-corrected chi connectivity index (χ2v) is 10.2. The Balaban J connectivity index is 1.76. The highest BCUT2D eigenvalue weighted by molar-refractivity contribution is 5.24. The smallest absolute Gasteiger partial charge is 0.0729 e. The lowest BCUT2D eigenvalue weighted by molar-refractivity contribution is -0.687. The zero-order valence-corrected chi connectivity index (χ0v) is 15.1. The van der Waals surface area contributed by atoms with E-state index in [1.165, 1.54) is 38.5 Å². The second kappa shape index (κ2) is 4.85. The molecule has 0 bridgehead atoms. The minimum Gasteiger partial charge on any atom is -0.474 e. The van der Waals surface area contributed by atoms with Gasteiger partial charge in [0.1, 0.15) is 0 Å². The molecule has 0 spiro atoms. The number of hydrogen-bond donors (Lipinski definition) is 1. The van der Waals surface area contributed by atoms with Crippen molar-refractivity contribution in [3.05, 3.63) is 18.7 Å². The van der Waals surface area contributed by atoms with Crippen LogP contribution in [0, 0.1) is 48.0 Å². The van der Waals surface area contributed by atoms with Crippen molar-refractivity contribution >= 4 is 0 Å². The van der Waals surface area contributed by atoms with E-state index in [2.05, 4.69) is 46.1 Å². The first kappa shape index (κ1) is 15.2. The van der Waals surface area contributed by atoms with Gasteiger partial charge < -0.3 is 5.32 Å². The zero-order chi connectivity index (χ0) is 15.7. The van der Waals surface area contributed by atoms with Gasteiger partial charge in [-0.15, -0.1) is 0 Å². The second-order valence-electron chi connectivity index (χ2n) is 10.2. The average Bonchev–Trinajstić information content (AvgIpc) is 2.45. The summed E-state index contributed by atoms with van der Waals surface area (Å²) in [6, 6.07) is 0. The number of quaternary nitrogens is 1. The highest BCUT2D eigenvalue weighted by Crippen LogP contribution is 2.63. The van der Waals surface area contributed by atoms with Crippen molar-refractivity contribution in [3.63, 3.8) is 0 Å². The highest BCUT2D eigenvalue weighted by atomic mass is 15.0. The third-order valence-electron chi connectivity index (χ3n) is 8.18. The van der Waals surface area contributed by atoms with Crippen LogP contribution in [0.25, 0.3) is 0 Å². The van der Waals surface area contributed by atoms with E-state index in [0.29, 0.717) is 11.0 Å². The summed E-state index contributed by atoms with van der Waals surface area (Å²) in [6.45, 7) is 10.1. The number of rotatable bonds is 1. The minimum absolute atomic E-state index is 0.387. The van der Waals surface area contributed by atoms with Crippen molar-refractivity contribution in [2.45, 2.75) is 71.8 Å². The molecular formula is C21H35N. The summed E-state index contributed by atoms with van der Waals surface area (Å²) in [7, 11) is 4.23. The van der Waals surface area contributed by atoms with Gasteiger partial charge in [0.2, 0.25) is 0 Å². The molecule has 4 rings (SSSR count). The molecule has 0 amide bonds. The van der Waals surface area contributed by atoms with Crippen LogP contribution in [0.3, 0.4) is 0 Å². The van der Waals surface area contributed by atoms with E-state index in [4.69, 9.17) is 0 Å². The first-order chi connectivity index (χ1) is 10.3. The van der Waals surface area contributed by atoms with Gasteiger partial charge >= 0.3 is 0 Å². The summed E-state index contributed by atoms with van der Waals surface area (Å²) in [5.41, 5.74) is 2.77. The predicted octanol–water partition coefficient (Wildman–Crippen LogP) is 4.16. The number of allylic oxidation sites excluding steroid dienone is 2. The first-order valence-corrected chi connectivity index (χ1v) is 9.67. The zero-order valence-electron chi connectivity index (χ0n) is 15.1. The molecule has 4 aliphatic carbocycles. The van der Waals surface area contributed by atoms with E-state index < -0.39 is 0 Å². The van der Waals surface area contributed by atoms with Gasteiger partial charge in [-0.1, -0.05) is 32.4 Å². The van der Waals surface area contributed by atoms with Crippen LogP contribution in [0.2, 0.25) is 0 Å². The van der Waals surface area contributed by atoms with Crippen molar-refractivity contribution in [1.82, 2.24) is 0 Å². The molecule has 3 fully saturated rings. The summed E-state index contributed by atoms with van der Waals surface area (Å²) in [4.78, 5) is 0. The van der Waals surface area contributed by atoms with E-state index in [0.717, 1.165) is 35.5 Å². The minimum atomic E-state index is 0.387. The van der Waals surface area contributed by atoms with Crippen LogP contribution in [-0.2, 0) is 0 Å². The lowest BCUT2D eigenvalue weighted by Gasteiger charge is -2.62. The largest absolute Gasteiger partial charge is 0.474 e. The monoisotopic (exact) mass is 301 g/mol. The lowest BCUT2D eigenvalue weighted by atomic mass is 9.44. The highest BCUT2D eigenvalue weighted by Gasteiger charge is 2.58. The first-order valence-electron chi connectivity index (χ1n) is 9.67. The molecule has 3 saturated carbocycles. The normalized spacial score (nSPS) is 52.7. The topological polar surface area (TPSA) is 16.6 Å². The standard InChI is InChI=1S/C21H35N/c1-13-10-15-12-20(2,3)11-14-6-7-17-19(18(14)15)16(13)8-9-21(17,4)22-5/h6,13,15-19H,5,7-12,22H2,1-4H3/t13-,15-,16+,17-,18-,19+,21-/m1/s1. The van der Waals surface area contributed by atoms with Crippen molar-refractivity contribution in [3.8, 4) is 0 Å². The SMILES string of the molecule is [CH2-][NH2+][C@]1(C)CC[C@@H]2[C@@H]3[C@@H]4C(=CC[C@H]31)CC(C)(C)C[C@H]4C[C@H]2C. The van der Waals surface area contributed by atoms with E-state index >= 15 is 0 Å². The van der Waals surface area contributed by atoms with Crippen LogP contribution in [0.5, 0.6) is 0 Å². The number of hydrogen-bond acceptors (Lipinski definition) is 0. The Morgan fingerprint density at radius 1 is 1.27 bits per heavy atom. The quantitative estimate of drug-likeness (QED) is 0.553. The van der Waals surface area contributed by atoms with Gasteiger partial charge in [0.15, 0.2) is 0 Å². The maximum Gasteiger partial charge on any atom is 0.0729 e. The molecule has 7 atom stereocenters. The van der Waals surface area contributed by atoms with Crippen LogP contribution >= 0.6 is 0 Å². The molecule has 1 nitrogen and oxygen atoms in total. The van der Waals surface area contributed by atoms with Crippen LogP contribution in [0.4, 0.5) is 0 Å². The Morgan fingerprint density at radius 3 is 2.77 bits per heavy atom. The van der Waals surface area contributed by atoms with E-state index in [9.17, 15) is 0 Å². The molecular weight excluding hydrogens is 266 g/mol. The van der Waals surface area contributed by atoms with E-state index in [1.54, 1.807) is 0 Å². The van der Waals surface area contributed by atoms with E-state index in [1.807, 2.05) is 5.57 Å². The Kier molecular flexibility index (Phi) is 3.36. The molecule has 124 valence electrons. The van der Waals surface area contributed by atoms with Crippen molar-refractivity contribution in [2.24, 2.45) is 40.9 Å². The molecule has 4 aliphatic rings. The molecule has 0 aromatic heterocycles. The summed E-state index contributed by atoms with van der Waals surface area (Å²) in [5.74, 6) is 5.64. The lowest BCUT2D eigenvalue weighted by Crippen LogP contribution is -2.94. The fraction of sp³-hybridized carbons (Fsp3) is 0.857. The van der Waals surface area contributed by atoms with Crippen LogP contribution in [0.15, 0.2) is 11.6 Å². The summed E-state index contributed by atoms with van der Waals surface area (Å²) in [6.07, 6.45) is 11.1. The molecule has 1 heteroatoms. The average molecular weight is 302 g/mol. The van der Waals surface area contributed by atoms with Crippen LogP contribution in [-0.4, -0.2) is 5.54 Å². The van der Waals surface area contributed by atoms with Gasteiger partial charge in [0, 0.05) is 12.3 Å². The molecule has 22 heavy (non-hydrogen) atoms. The third-order valence-corrected chi connectivity index (χ3v) is 8.18. The van der Waals surface area contributed by atoms with Crippen LogP contribution < -0.4 is 5.32 Å². The fourth-order valence-corrected chi connectivity index (χ4v) is 7.27. The molecule has 2 N–H and O–H groups in total. The molecule has 0 aromatic rings. The maximum absolute atomic E-state index is 4.23. The van der Waals surface area contributed by atoms with Crippen molar-refractivity contribution in [1.29, 1.82) is 0 Å². The third kappa shape index (κ3) is 2.07. The summed E-state index contributed by atoms with van der Waals surface area (Å²) >= 11 is 0. The van der Waals surface area contributed by atoms with Gasteiger partial charge in [-0.05, 0) is 74.0 Å².